The van der Waals surface area contributed by atoms with Crippen LogP contribution in [-0.2, 0) is 14.8 Å². The van der Waals surface area contributed by atoms with Crippen LogP contribution in [0.1, 0.15) is 39.0 Å². The highest BCUT2D eigenvalue weighted by molar-refractivity contribution is 7.92. The van der Waals surface area contributed by atoms with Crippen LogP contribution in [-0.4, -0.2) is 20.6 Å². The third-order valence-electron chi connectivity index (χ3n) is 2.93. The fourth-order valence-corrected chi connectivity index (χ4v) is 2.90. The Morgan fingerprint density at radius 2 is 1.75 bits per heavy atom. The van der Waals surface area contributed by atoms with Gasteiger partial charge in [0.15, 0.2) is 0 Å². The van der Waals surface area contributed by atoms with Gasteiger partial charge >= 0.3 is 0 Å². The zero-order valence-corrected chi connectivity index (χ0v) is 12.8. The molecule has 0 aliphatic rings. The Morgan fingerprint density at radius 3 is 2.25 bits per heavy atom. The van der Waals surface area contributed by atoms with Crippen molar-refractivity contribution in [2.75, 3.05) is 16.3 Å². The van der Waals surface area contributed by atoms with Gasteiger partial charge in [-0.2, -0.15) is 0 Å². The summed E-state index contributed by atoms with van der Waals surface area (Å²) in [6, 6.07) is 6.25. The van der Waals surface area contributed by atoms with Gasteiger partial charge in [0.25, 0.3) is 0 Å². The van der Waals surface area contributed by atoms with E-state index in [0.29, 0.717) is 17.8 Å². The molecule has 0 saturated carbocycles. The van der Waals surface area contributed by atoms with Crippen LogP contribution in [0, 0.1) is 0 Å². The molecule has 0 fully saturated rings. The summed E-state index contributed by atoms with van der Waals surface area (Å²) in [7, 11) is -3.63. The number of sulfonamides is 1. The van der Waals surface area contributed by atoms with Crippen LogP contribution < -0.4 is 10.0 Å². The van der Waals surface area contributed by atoms with Gasteiger partial charge in [0.05, 0.1) is 11.9 Å². The topological polar surface area (TPSA) is 80.5 Å². The molecule has 0 saturated heterocycles. The molecule has 112 valence electrons. The first-order chi connectivity index (χ1) is 9.36. The first-order valence-corrected chi connectivity index (χ1v) is 8.59. The van der Waals surface area contributed by atoms with Gasteiger partial charge in [0.2, 0.25) is 15.9 Å². The van der Waals surface area contributed by atoms with Gasteiger partial charge in [-0.15, -0.1) is 0 Å². The van der Waals surface area contributed by atoms with Gasteiger partial charge in [-0.25, -0.2) is 12.7 Å². The quantitative estimate of drug-likeness (QED) is 0.619. The molecule has 1 aromatic carbocycles. The SMILES string of the molecule is CCCCCCC(=O)N(c1ccc(N)cc1)S(C)(=O)=O. The molecule has 1 rings (SSSR count). The minimum atomic E-state index is -3.63. The summed E-state index contributed by atoms with van der Waals surface area (Å²) < 4.78 is 24.5. The molecule has 0 aliphatic carbocycles. The van der Waals surface area contributed by atoms with Gasteiger partial charge in [0, 0.05) is 12.1 Å². The Hall–Kier alpha value is -1.56. The van der Waals surface area contributed by atoms with Crippen LogP contribution in [0.2, 0.25) is 0 Å². The summed E-state index contributed by atoms with van der Waals surface area (Å²) in [6.07, 6.45) is 5.02. The zero-order chi connectivity index (χ0) is 15.2. The van der Waals surface area contributed by atoms with E-state index in [4.69, 9.17) is 5.73 Å². The van der Waals surface area contributed by atoms with Crippen LogP contribution in [0.5, 0.6) is 0 Å². The van der Waals surface area contributed by atoms with Crippen molar-refractivity contribution in [3.63, 3.8) is 0 Å². The number of nitrogens with two attached hydrogens (primary N) is 1. The number of anilines is 2. The fourth-order valence-electron chi connectivity index (χ4n) is 1.93. The van der Waals surface area contributed by atoms with E-state index in [9.17, 15) is 13.2 Å². The van der Waals surface area contributed by atoms with E-state index in [1.165, 1.54) is 0 Å². The third-order valence-corrected chi connectivity index (χ3v) is 4.01. The minimum absolute atomic E-state index is 0.234. The van der Waals surface area contributed by atoms with Crippen molar-refractivity contribution in [2.24, 2.45) is 0 Å². The molecule has 6 heteroatoms. The molecule has 0 atom stereocenters. The molecule has 0 heterocycles. The summed E-state index contributed by atoms with van der Waals surface area (Å²) in [4.78, 5) is 12.2. The Kier molecular flexibility index (Phi) is 6.01. The number of unbranched alkanes of at least 4 members (excludes halogenated alkanes) is 3. The van der Waals surface area contributed by atoms with Gasteiger partial charge in [0.1, 0.15) is 0 Å². The zero-order valence-electron chi connectivity index (χ0n) is 12.0. The summed E-state index contributed by atoms with van der Waals surface area (Å²) in [5, 5.41) is 0. The van der Waals surface area contributed by atoms with Crippen molar-refractivity contribution in [3.05, 3.63) is 24.3 Å². The number of nitrogens with zero attached hydrogens (tertiary/aromatic N) is 1. The van der Waals surface area contributed by atoms with Crippen LogP contribution >= 0.6 is 0 Å². The maximum absolute atomic E-state index is 12.2. The number of hydrogen-bond acceptors (Lipinski definition) is 4. The summed E-state index contributed by atoms with van der Waals surface area (Å²) in [6.45, 7) is 2.08. The van der Waals surface area contributed by atoms with Crippen molar-refractivity contribution in [1.82, 2.24) is 0 Å². The van der Waals surface area contributed by atoms with Crippen molar-refractivity contribution in [2.45, 2.75) is 39.0 Å². The molecular weight excluding hydrogens is 276 g/mol. The van der Waals surface area contributed by atoms with E-state index >= 15 is 0 Å². The molecule has 5 nitrogen and oxygen atoms in total. The van der Waals surface area contributed by atoms with Crippen LogP contribution in [0.3, 0.4) is 0 Å². The van der Waals surface area contributed by atoms with E-state index in [1.807, 2.05) is 0 Å². The lowest BCUT2D eigenvalue weighted by molar-refractivity contribution is -0.117. The van der Waals surface area contributed by atoms with Gasteiger partial charge in [-0.3, -0.25) is 4.79 Å². The van der Waals surface area contributed by atoms with Crippen LogP contribution in [0.15, 0.2) is 24.3 Å². The smallest absolute Gasteiger partial charge is 0.240 e. The summed E-state index contributed by atoms with van der Waals surface area (Å²) >= 11 is 0. The maximum Gasteiger partial charge on any atom is 0.240 e. The van der Waals surface area contributed by atoms with Crippen molar-refractivity contribution in [1.29, 1.82) is 0 Å². The Labute approximate surface area is 120 Å². The number of carbonyl (C=O) groups excluding carboxylic acids is 1. The number of rotatable bonds is 7. The van der Waals surface area contributed by atoms with E-state index in [2.05, 4.69) is 6.92 Å². The molecule has 2 N–H and O–H groups in total. The monoisotopic (exact) mass is 298 g/mol. The maximum atomic E-state index is 12.2. The molecule has 1 aromatic rings. The van der Waals surface area contributed by atoms with Crippen LogP contribution in [0.4, 0.5) is 11.4 Å². The molecule has 1 amide bonds. The second-order valence-corrected chi connectivity index (χ2v) is 6.65. The lowest BCUT2D eigenvalue weighted by atomic mass is 10.1. The number of nitrogen functional groups attached to an aromatic ring is 1. The number of hydrogen-bond donors (Lipinski definition) is 1. The van der Waals surface area contributed by atoms with E-state index in [0.717, 1.165) is 29.8 Å². The average Bonchev–Trinajstić information content (AvgIpc) is 2.36. The number of carbonyl (C=O) groups is 1. The number of amides is 1. The summed E-state index contributed by atoms with van der Waals surface area (Å²) in [5.74, 6) is -0.395. The molecule has 0 radical (unpaired) electrons. The standard InChI is InChI=1S/C14H22N2O3S/c1-3-4-5-6-7-14(17)16(20(2,18)19)13-10-8-12(15)9-11-13/h8-11H,3-7,15H2,1-2H3. The molecule has 0 aliphatic heterocycles. The Bertz CT molecular complexity index is 538. The molecule has 0 aromatic heterocycles. The summed E-state index contributed by atoms with van der Waals surface area (Å²) in [5.41, 5.74) is 6.43. The molecule has 0 unspecified atom stereocenters. The fraction of sp³-hybridized carbons (Fsp3) is 0.500. The van der Waals surface area contributed by atoms with Crippen molar-refractivity contribution in [3.8, 4) is 0 Å². The third kappa shape index (κ3) is 4.85. The highest BCUT2D eigenvalue weighted by atomic mass is 32.2. The first-order valence-electron chi connectivity index (χ1n) is 6.75. The molecular formula is C14H22N2O3S. The number of benzene rings is 1. The lowest BCUT2D eigenvalue weighted by Gasteiger charge is -2.20. The average molecular weight is 298 g/mol. The molecule has 20 heavy (non-hydrogen) atoms. The minimum Gasteiger partial charge on any atom is -0.399 e. The normalized spacial score (nSPS) is 11.3. The largest absolute Gasteiger partial charge is 0.399 e. The van der Waals surface area contributed by atoms with Gasteiger partial charge in [-0.05, 0) is 30.7 Å². The molecule has 0 spiro atoms. The first kappa shape index (κ1) is 16.5. The Morgan fingerprint density at radius 1 is 1.15 bits per heavy atom. The second kappa shape index (κ2) is 7.28. The van der Waals surface area contributed by atoms with E-state index in [-0.39, 0.29) is 6.42 Å². The highest BCUT2D eigenvalue weighted by Gasteiger charge is 2.24. The van der Waals surface area contributed by atoms with Gasteiger partial charge in [-0.1, -0.05) is 26.2 Å². The predicted octanol–water partition coefficient (Wildman–Crippen LogP) is 2.53. The van der Waals surface area contributed by atoms with Gasteiger partial charge < -0.3 is 5.73 Å². The van der Waals surface area contributed by atoms with Crippen LogP contribution in [0.25, 0.3) is 0 Å². The predicted molar refractivity (Wildman–Crippen MR) is 81.9 cm³/mol. The van der Waals surface area contributed by atoms with E-state index in [1.54, 1.807) is 24.3 Å². The van der Waals surface area contributed by atoms with Crippen molar-refractivity contribution >= 4 is 27.3 Å². The Balaban J connectivity index is 2.85. The highest BCUT2D eigenvalue weighted by Crippen LogP contribution is 2.21. The lowest BCUT2D eigenvalue weighted by Crippen LogP contribution is -2.36. The van der Waals surface area contributed by atoms with Crippen molar-refractivity contribution < 1.29 is 13.2 Å². The molecule has 0 bridgehead atoms. The van der Waals surface area contributed by atoms with E-state index < -0.39 is 15.9 Å². The second-order valence-electron chi connectivity index (χ2n) is 4.82.